The Balaban J connectivity index is 0.00000312. The van der Waals surface area contributed by atoms with Gasteiger partial charge in [0.15, 0.2) is 0 Å². The van der Waals surface area contributed by atoms with Gasteiger partial charge >= 0.3 is 0 Å². The molecule has 1 aliphatic rings. The second-order valence-electron chi connectivity index (χ2n) is 6.72. The zero-order chi connectivity index (χ0) is 17.0. The molecule has 142 valence electrons. The topological polar surface area (TPSA) is 15.7 Å². The molecule has 0 amide bonds. The van der Waals surface area contributed by atoms with Gasteiger partial charge in [-0.2, -0.15) is 0 Å². The van der Waals surface area contributed by atoms with Crippen LogP contribution in [-0.4, -0.2) is 25.2 Å². The monoisotopic (exact) mass is 458 g/mol. The van der Waals surface area contributed by atoms with E-state index in [1.54, 1.807) is 7.11 Å². The maximum Gasteiger partial charge on any atom is 0.142 e. The first-order chi connectivity index (χ1) is 11.8. The number of nitrogens with zero attached hydrogens (tertiary/aromatic N) is 2. The first-order valence-electron chi connectivity index (χ1n) is 9.67. The molecule has 0 aromatic heterocycles. The number of rotatable bonds is 12. The predicted molar refractivity (Wildman–Crippen MR) is 119 cm³/mol. The third-order valence-electron chi connectivity index (χ3n) is 4.73. The van der Waals surface area contributed by atoms with Crippen LogP contribution >= 0.6 is 24.0 Å². The highest BCUT2D eigenvalue weighted by Crippen LogP contribution is 2.29. The summed E-state index contributed by atoms with van der Waals surface area (Å²) in [6.07, 6.45) is 16.8. The van der Waals surface area contributed by atoms with Crippen molar-refractivity contribution in [3.05, 3.63) is 36.7 Å². The number of unbranched alkanes of at least 4 members (excludes halogenated alkanes) is 8. The molecule has 3 nitrogen and oxygen atoms in total. The van der Waals surface area contributed by atoms with Crippen molar-refractivity contribution in [1.29, 1.82) is 0 Å². The van der Waals surface area contributed by atoms with Gasteiger partial charge in [0.25, 0.3) is 0 Å². The lowest BCUT2D eigenvalue weighted by Crippen LogP contribution is -2.26. The number of halogens is 1. The number of para-hydroxylation sites is 2. The van der Waals surface area contributed by atoms with E-state index in [0.717, 1.165) is 24.7 Å². The molecule has 0 fully saturated rings. The van der Waals surface area contributed by atoms with Crippen molar-refractivity contribution in [3.8, 4) is 5.75 Å². The standard InChI is InChI=1S/C21H34N2O.HI/c1-3-4-5-6-7-8-9-10-13-16-22-17-18-23(19-22)20-14-11-12-15-21(20)24-2;/h11-12,14-15,17-18H,3-10,13,16,19H2,1-2H3;1H. The molecule has 0 radical (unpaired) electrons. The summed E-state index contributed by atoms with van der Waals surface area (Å²) in [5, 5.41) is 0. The van der Waals surface area contributed by atoms with Crippen molar-refractivity contribution in [2.24, 2.45) is 0 Å². The molecule has 1 aromatic rings. The van der Waals surface area contributed by atoms with Gasteiger partial charge in [-0.3, -0.25) is 0 Å². The van der Waals surface area contributed by atoms with E-state index in [1.165, 1.54) is 57.8 Å². The Kier molecular flexibility index (Phi) is 11.8. The molecular formula is C21H35IN2O. The number of hydrogen-bond acceptors (Lipinski definition) is 3. The van der Waals surface area contributed by atoms with Crippen LogP contribution in [-0.2, 0) is 0 Å². The minimum absolute atomic E-state index is 0. The summed E-state index contributed by atoms with van der Waals surface area (Å²) in [6, 6.07) is 8.22. The molecule has 0 spiro atoms. The van der Waals surface area contributed by atoms with Gasteiger partial charge in [0.1, 0.15) is 5.75 Å². The summed E-state index contributed by atoms with van der Waals surface area (Å²) in [4.78, 5) is 4.65. The average Bonchev–Trinajstić information content (AvgIpc) is 3.09. The van der Waals surface area contributed by atoms with Gasteiger partial charge in [0.2, 0.25) is 0 Å². The van der Waals surface area contributed by atoms with E-state index in [0.29, 0.717) is 0 Å². The van der Waals surface area contributed by atoms with Crippen molar-refractivity contribution in [3.63, 3.8) is 0 Å². The molecule has 0 bridgehead atoms. The second-order valence-corrected chi connectivity index (χ2v) is 6.72. The van der Waals surface area contributed by atoms with E-state index in [2.05, 4.69) is 41.3 Å². The maximum absolute atomic E-state index is 5.46. The Morgan fingerprint density at radius 3 is 2.20 bits per heavy atom. The van der Waals surface area contributed by atoms with E-state index >= 15 is 0 Å². The fourth-order valence-electron chi connectivity index (χ4n) is 3.26. The molecule has 0 aliphatic carbocycles. The normalized spacial score (nSPS) is 13.2. The first-order valence-corrected chi connectivity index (χ1v) is 9.67. The fraction of sp³-hybridized carbons (Fsp3) is 0.619. The van der Waals surface area contributed by atoms with Crippen molar-refractivity contribution in [2.45, 2.75) is 64.7 Å². The zero-order valence-corrected chi connectivity index (χ0v) is 18.3. The lowest BCUT2D eigenvalue weighted by molar-refractivity contribution is 0.383. The summed E-state index contributed by atoms with van der Waals surface area (Å²) in [6.45, 7) is 4.36. The number of hydrogen-bond donors (Lipinski definition) is 0. The highest BCUT2D eigenvalue weighted by Gasteiger charge is 2.16. The summed E-state index contributed by atoms with van der Waals surface area (Å²) in [5.41, 5.74) is 1.14. The average molecular weight is 458 g/mol. The van der Waals surface area contributed by atoms with E-state index in [9.17, 15) is 0 Å². The van der Waals surface area contributed by atoms with Crippen LogP contribution in [0.25, 0.3) is 0 Å². The van der Waals surface area contributed by atoms with E-state index in [1.807, 2.05) is 12.1 Å². The van der Waals surface area contributed by atoms with Crippen molar-refractivity contribution >= 4 is 29.7 Å². The molecule has 1 heterocycles. The fourth-order valence-corrected chi connectivity index (χ4v) is 3.26. The Morgan fingerprint density at radius 1 is 0.880 bits per heavy atom. The molecule has 0 unspecified atom stereocenters. The summed E-state index contributed by atoms with van der Waals surface area (Å²) in [5.74, 6) is 0.937. The Labute approximate surface area is 171 Å². The highest BCUT2D eigenvalue weighted by molar-refractivity contribution is 14.0. The number of benzene rings is 1. The third kappa shape index (κ3) is 7.89. The number of anilines is 1. The minimum atomic E-state index is 0. The van der Waals surface area contributed by atoms with Crippen LogP contribution < -0.4 is 9.64 Å². The van der Waals surface area contributed by atoms with Gasteiger partial charge in [-0.25, -0.2) is 0 Å². The lowest BCUT2D eigenvalue weighted by Gasteiger charge is -2.22. The number of ether oxygens (including phenoxy) is 1. The van der Waals surface area contributed by atoms with Gasteiger partial charge in [-0.1, -0.05) is 70.4 Å². The SMILES string of the molecule is CCCCCCCCCCCN1C=CN(c2ccccc2OC)C1.I. The lowest BCUT2D eigenvalue weighted by atomic mass is 10.1. The van der Waals surface area contributed by atoms with Crippen molar-refractivity contribution in [2.75, 3.05) is 25.2 Å². The van der Waals surface area contributed by atoms with Crippen LogP contribution in [0.5, 0.6) is 5.75 Å². The molecule has 0 saturated carbocycles. The van der Waals surface area contributed by atoms with E-state index < -0.39 is 0 Å². The first kappa shape index (κ1) is 22.1. The smallest absolute Gasteiger partial charge is 0.142 e. The molecule has 2 rings (SSSR count). The van der Waals surface area contributed by atoms with Gasteiger partial charge in [0, 0.05) is 18.9 Å². The number of methoxy groups -OCH3 is 1. The highest BCUT2D eigenvalue weighted by atomic mass is 127. The molecule has 0 N–H and O–H groups in total. The minimum Gasteiger partial charge on any atom is -0.495 e. The Hall–Kier alpha value is -0.910. The summed E-state index contributed by atoms with van der Waals surface area (Å²) in [7, 11) is 1.73. The molecule has 4 heteroatoms. The Morgan fingerprint density at radius 2 is 1.52 bits per heavy atom. The van der Waals surface area contributed by atoms with Gasteiger partial charge < -0.3 is 14.5 Å². The second kappa shape index (κ2) is 13.3. The quantitative estimate of drug-likeness (QED) is 0.267. The molecule has 25 heavy (non-hydrogen) atoms. The molecule has 0 atom stereocenters. The van der Waals surface area contributed by atoms with E-state index in [4.69, 9.17) is 4.74 Å². The Bertz CT molecular complexity index is 493. The van der Waals surface area contributed by atoms with Crippen LogP contribution in [0.2, 0.25) is 0 Å². The molecule has 1 aliphatic heterocycles. The van der Waals surface area contributed by atoms with Crippen LogP contribution in [0.15, 0.2) is 36.7 Å². The molecule has 0 saturated heterocycles. The van der Waals surface area contributed by atoms with Crippen molar-refractivity contribution in [1.82, 2.24) is 4.90 Å². The molecule has 1 aromatic carbocycles. The maximum atomic E-state index is 5.46. The van der Waals surface area contributed by atoms with Crippen LogP contribution in [0.1, 0.15) is 64.7 Å². The van der Waals surface area contributed by atoms with E-state index in [-0.39, 0.29) is 24.0 Å². The third-order valence-corrected chi connectivity index (χ3v) is 4.73. The van der Waals surface area contributed by atoms with Crippen LogP contribution in [0, 0.1) is 0 Å². The van der Waals surface area contributed by atoms with Gasteiger partial charge in [0.05, 0.1) is 19.5 Å². The summed E-state index contributed by atoms with van der Waals surface area (Å²) < 4.78 is 5.46. The van der Waals surface area contributed by atoms with Crippen LogP contribution in [0.4, 0.5) is 5.69 Å². The zero-order valence-electron chi connectivity index (χ0n) is 16.0. The van der Waals surface area contributed by atoms with Gasteiger partial charge in [-0.15, -0.1) is 24.0 Å². The predicted octanol–water partition coefficient (Wildman–Crippen LogP) is 6.39. The summed E-state index contributed by atoms with van der Waals surface area (Å²) >= 11 is 0. The van der Waals surface area contributed by atoms with Crippen molar-refractivity contribution < 1.29 is 4.74 Å². The van der Waals surface area contributed by atoms with Crippen LogP contribution in [0.3, 0.4) is 0 Å². The largest absolute Gasteiger partial charge is 0.495 e. The molecular weight excluding hydrogens is 423 g/mol. The van der Waals surface area contributed by atoms with Gasteiger partial charge in [-0.05, 0) is 18.6 Å².